The normalized spacial score (nSPS) is 25.4. The molecule has 1 aliphatic carbocycles. The summed E-state index contributed by atoms with van der Waals surface area (Å²) in [5, 5.41) is 0. The number of nitrogens with two attached hydrogens (primary N) is 1. The predicted molar refractivity (Wildman–Crippen MR) is 67.6 cm³/mol. The molecule has 16 heavy (non-hydrogen) atoms. The number of ether oxygens (including phenoxy) is 1. The van der Waals surface area contributed by atoms with Gasteiger partial charge in [-0.05, 0) is 50.7 Å². The van der Waals surface area contributed by atoms with E-state index in [-0.39, 0.29) is 0 Å². The molecule has 0 radical (unpaired) electrons. The molecule has 0 bridgehead atoms. The highest BCUT2D eigenvalue weighted by Crippen LogP contribution is 2.30. The largest absolute Gasteiger partial charge is 0.490 e. The van der Waals surface area contributed by atoms with E-state index in [0.717, 1.165) is 22.9 Å². The maximum absolute atomic E-state index is 6.04. The molecule has 2 rings (SSSR count). The first-order valence-corrected chi connectivity index (χ1v) is 6.18. The summed E-state index contributed by atoms with van der Waals surface area (Å²) in [7, 11) is 0. The van der Waals surface area contributed by atoms with E-state index in [1.807, 2.05) is 25.1 Å². The van der Waals surface area contributed by atoms with Gasteiger partial charge in [-0.25, -0.2) is 0 Å². The van der Waals surface area contributed by atoms with Gasteiger partial charge in [0.15, 0.2) is 0 Å². The molecule has 1 aliphatic rings. The fourth-order valence-corrected chi connectivity index (χ4v) is 2.29. The molecule has 1 aromatic rings. The van der Waals surface area contributed by atoms with Crippen LogP contribution in [0.25, 0.3) is 0 Å². The summed E-state index contributed by atoms with van der Waals surface area (Å²) in [5.41, 5.74) is 7.76. The number of hydrogen-bond acceptors (Lipinski definition) is 2. The molecule has 0 atom stereocenters. The lowest BCUT2D eigenvalue weighted by Gasteiger charge is -2.27. The first-order valence-electron chi connectivity index (χ1n) is 6.18. The molecule has 1 saturated carbocycles. The van der Waals surface area contributed by atoms with Gasteiger partial charge in [0.1, 0.15) is 5.75 Å². The minimum atomic E-state index is 0.386. The fourth-order valence-electron chi connectivity index (χ4n) is 2.29. The molecule has 0 heterocycles. The lowest BCUT2D eigenvalue weighted by atomic mass is 9.89. The third-order valence-corrected chi connectivity index (χ3v) is 3.58. The van der Waals surface area contributed by atoms with Crippen molar-refractivity contribution in [1.82, 2.24) is 0 Å². The minimum absolute atomic E-state index is 0.386. The van der Waals surface area contributed by atoms with Crippen LogP contribution in [0.5, 0.6) is 5.75 Å². The molecular weight excluding hydrogens is 198 g/mol. The van der Waals surface area contributed by atoms with Crippen molar-refractivity contribution in [2.45, 2.75) is 45.6 Å². The number of rotatable bonds is 2. The van der Waals surface area contributed by atoms with Crippen LogP contribution in [-0.4, -0.2) is 6.10 Å². The first kappa shape index (κ1) is 11.3. The summed E-state index contributed by atoms with van der Waals surface area (Å²) in [6.45, 7) is 4.35. The Hall–Kier alpha value is -1.18. The van der Waals surface area contributed by atoms with Gasteiger partial charge in [0, 0.05) is 11.3 Å². The van der Waals surface area contributed by atoms with Crippen LogP contribution >= 0.6 is 0 Å². The van der Waals surface area contributed by atoms with Gasteiger partial charge < -0.3 is 10.5 Å². The van der Waals surface area contributed by atoms with Gasteiger partial charge in [0.25, 0.3) is 0 Å². The van der Waals surface area contributed by atoms with Crippen molar-refractivity contribution < 1.29 is 4.74 Å². The van der Waals surface area contributed by atoms with Crippen LogP contribution in [0.3, 0.4) is 0 Å². The maximum Gasteiger partial charge on any atom is 0.124 e. The van der Waals surface area contributed by atoms with Gasteiger partial charge in [-0.2, -0.15) is 0 Å². The summed E-state index contributed by atoms with van der Waals surface area (Å²) in [4.78, 5) is 0. The molecule has 0 aliphatic heterocycles. The van der Waals surface area contributed by atoms with Crippen molar-refractivity contribution >= 4 is 5.69 Å². The Kier molecular flexibility index (Phi) is 3.37. The third kappa shape index (κ3) is 2.49. The summed E-state index contributed by atoms with van der Waals surface area (Å²) >= 11 is 0. The van der Waals surface area contributed by atoms with Gasteiger partial charge in [0.05, 0.1) is 6.10 Å². The van der Waals surface area contributed by atoms with Crippen LogP contribution in [0.1, 0.15) is 38.2 Å². The second kappa shape index (κ2) is 4.77. The number of anilines is 1. The number of benzene rings is 1. The van der Waals surface area contributed by atoms with E-state index in [0.29, 0.717) is 6.10 Å². The Morgan fingerprint density at radius 2 is 1.88 bits per heavy atom. The van der Waals surface area contributed by atoms with E-state index in [9.17, 15) is 0 Å². The molecule has 0 unspecified atom stereocenters. The summed E-state index contributed by atoms with van der Waals surface area (Å²) in [6, 6.07) is 5.90. The van der Waals surface area contributed by atoms with Gasteiger partial charge in [-0.15, -0.1) is 0 Å². The third-order valence-electron chi connectivity index (χ3n) is 3.58. The number of nitrogen functional groups attached to an aromatic ring is 1. The highest BCUT2D eigenvalue weighted by molar-refractivity contribution is 5.53. The van der Waals surface area contributed by atoms with Gasteiger partial charge in [-0.3, -0.25) is 0 Å². The van der Waals surface area contributed by atoms with Crippen LogP contribution in [0.2, 0.25) is 0 Å². The average Bonchev–Trinajstić information content (AvgIpc) is 2.28. The average molecular weight is 219 g/mol. The topological polar surface area (TPSA) is 35.2 Å². The molecule has 1 aromatic carbocycles. The van der Waals surface area contributed by atoms with E-state index < -0.39 is 0 Å². The van der Waals surface area contributed by atoms with Crippen LogP contribution in [0, 0.1) is 12.8 Å². The Morgan fingerprint density at radius 1 is 1.19 bits per heavy atom. The quantitative estimate of drug-likeness (QED) is 0.772. The lowest BCUT2D eigenvalue weighted by molar-refractivity contribution is 0.135. The van der Waals surface area contributed by atoms with Crippen LogP contribution in [-0.2, 0) is 0 Å². The van der Waals surface area contributed by atoms with Crippen LogP contribution in [0.4, 0.5) is 5.69 Å². The molecular formula is C14H21NO. The van der Waals surface area contributed by atoms with Crippen LogP contribution < -0.4 is 10.5 Å². The lowest BCUT2D eigenvalue weighted by Crippen LogP contribution is -2.23. The maximum atomic E-state index is 6.04. The molecule has 0 aromatic heterocycles. The predicted octanol–water partition coefficient (Wildman–Crippen LogP) is 3.53. The van der Waals surface area contributed by atoms with E-state index in [4.69, 9.17) is 10.5 Å². The SMILES string of the molecule is Cc1c(N)cccc1OC1CCC(C)CC1. The summed E-state index contributed by atoms with van der Waals surface area (Å²) in [5.74, 6) is 1.82. The zero-order chi connectivity index (χ0) is 11.5. The summed E-state index contributed by atoms with van der Waals surface area (Å²) < 4.78 is 6.04. The molecule has 2 N–H and O–H groups in total. The minimum Gasteiger partial charge on any atom is -0.490 e. The smallest absolute Gasteiger partial charge is 0.124 e. The van der Waals surface area contributed by atoms with E-state index in [1.54, 1.807) is 0 Å². The highest BCUT2D eigenvalue weighted by Gasteiger charge is 2.20. The Balaban J connectivity index is 2.01. The van der Waals surface area contributed by atoms with Crippen molar-refractivity contribution in [3.8, 4) is 5.75 Å². The standard InChI is InChI=1S/C14H21NO/c1-10-6-8-12(9-7-10)16-14-5-3-4-13(15)11(14)2/h3-5,10,12H,6-9,15H2,1-2H3. The second-order valence-corrected chi connectivity index (χ2v) is 4.97. The molecule has 88 valence electrons. The second-order valence-electron chi connectivity index (χ2n) is 4.97. The van der Waals surface area contributed by atoms with E-state index >= 15 is 0 Å². The van der Waals surface area contributed by atoms with Gasteiger partial charge in [0.2, 0.25) is 0 Å². The van der Waals surface area contributed by atoms with E-state index in [1.165, 1.54) is 25.7 Å². The Labute approximate surface area is 97.8 Å². The summed E-state index contributed by atoms with van der Waals surface area (Å²) in [6.07, 6.45) is 5.31. The Bertz CT molecular complexity index is 354. The fraction of sp³-hybridized carbons (Fsp3) is 0.571. The molecule has 2 heteroatoms. The number of hydrogen-bond donors (Lipinski definition) is 1. The molecule has 0 amide bonds. The van der Waals surface area contributed by atoms with Crippen molar-refractivity contribution in [3.05, 3.63) is 23.8 Å². The monoisotopic (exact) mass is 219 g/mol. The molecule has 2 nitrogen and oxygen atoms in total. The van der Waals surface area contributed by atoms with Gasteiger partial charge >= 0.3 is 0 Å². The molecule has 0 saturated heterocycles. The molecule has 0 spiro atoms. The van der Waals surface area contributed by atoms with Crippen molar-refractivity contribution in [2.75, 3.05) is 5.73 Å². The zero-order valence-electron chi connectivity index (χ0n) is 10.2. The molecule has 1 fully saturated rings. The van der Waals surface area contributed by atoms with Gasteiger partial charge in [-0.1, -0.05) is 13.0 Å². The Morgan fingerprint density at radius 3 is 2.56 bits per heavy atom. The first-order chi connectivity index (χ1) is 7.66. The highest BCUT2D eigenvalue weighted by atomic mass is 16.5. The van der Waals surface area contributed by atoms with E-state index in [2.05, 4.69) is 6.92 Å². The zero-order valence-corrected chi connectivity index (χ0v) is 10.2. The van der Waals surface area contributed by atoms with Crippen molar-refractivity contribution in [2.24, 2.45) is 5.92 Å². The van der Waals surface area contributed by atoms with Crippen molar-refractivity contribution in [3.63, 3.8) is 0 Å². The van der Waals surface area contributed by atoms with Crippen LogP contribution in [0.15, 0.2) is 18.2 Å². The van der Waals surface area contributed by atoms with Crippen molar-refractivity contribution in [1.29, 1.82) is 0 Å².